The molecule has 2 N–H and O–H groups in total. The first kappa shape index (κ1) is 21.9. The van der Waals surface area contributed by atoms with Crippen LogP contribution in [0.15, 0.2) is 48.5 Å². The minimum absolute atomic E-state index is 0.0950. The molecule has 0 spiro atoms. The summed E-state index contributed by atoms with van der Waals surface area (Å²) >= 11 is 0. The van der Waals surface area contributed by atoms with E-state index < -0.39 is 17.6 Å². The van der Waals surface area contributed by atoms with E-state index in [9.17, 15) is 27.5 Å². The third-order valence-electron chi connectivity index (χ3n) is 5.70. The summed E-state index contributed by atoms with van der Waals surface area (Å²) < 4.78 is 52.6. The number of benzene rings is 2. The van der Waals surface area contributed by atoms with Crippen molar-refractivity contribution in [1.29, 1.82) is 0 Å². The number of carbonyl (C=O) groups is 1. The Labute approximate surface area is 181 Å². The number of para-hydroxylation sites is 1. The predicted octanol–water partition coefficient (Wildman–Crippen LogP) is 4.63. The van der Waals surface area contributed by atoms with Crippen LogP contribution in [-0.4, -0.2) is 29.1 Å². The van der Waals surface area contributed by atoms with Crippen molar-refractivity contribution in [2.75, 3.05) is 18.0 Å². The summed E-state index contributed by atoms with van der Waals surface area (Å²) in [4.78, 5) is 19.1. The van der Waals surface area contributed by atoms with Gasteiger partial charge >= 0.3 is 6.18 Å². The number of aromatic hydroxyl groups is 1. The molecule has 2 heterocycles. The molecule has 9 heteroatoms. The number of amides is 1. The zero-order valence-electron chi connectivity index (χ0n) is 17.0. The third-order valence-corrected chi connectivity index (χ3v) is 5.70. The number of pyridine rings is 1. The smallest absolute Gasteiger partial charge is 0.416 e. The Kier molecular flexibility index (Phi) is 5.90. The van der Waals surface area contributed by atoms with Crippen LogP contribution in [0.1, 0.15) is 24.0 Å². The molecule has 5 nitrogen and oxygen atoms in total. The highest BCUT2D eigenvalue weighted by Crippen LogP contribution is 2.33. The lowest BCUT2D eigenvalue weighted by molar-refractivity contribution is -0.138. The van der Waals surface area contributed by atoms with Gasteiger partial charge in [-0.3, -0.25) is 4.79 Å². The van der Waals surface area contributed by atoms with Gasteiger partial charge in [0, 0.05) is 30.9 Å². The van der Waals surface area contributed by atoms with E-state index in [1.165, 1.54) is 0 Å². The van der Waals surface area contributed by atoms with Crippen molar-refractivity contribution in [3.8, 4) is 5.75 Å². The fourth-order valence-electron chi connectivity index (χ4n) is 3.96. The van der Waals surface area contributed by atoms with Crippen LogP contribution in [0.25, 0.3) is 10.9 Å². The van der Waals surface area contributed by atoms with E-state index in [4.69, 9.17) is 0 Å². The molecule has 2 aromatic carbocycles. The highest BCUT2D eigenvalue weighted by molar-refractivity contribution is 5.85. The SMILES string of the molecule is O=C(NCc1ccc(F)cc1C(F)(F)F)C1CCN(c2ccc3cccc(O)c3n2)CC1. The second-order valence-corrected chi connectivity index (χ2v) is 7.80. The van der Waals surface area contributed by atoms with Crippen LogP contribution in [-0.2, 0) is 17.5 Å². The molecule has 1 aliphatic heterocycles. The van der Waals surface area contributed by atoms with Crippen LogP contribution >= 0.6 is 0 Å². The highest BCUT2D eigenvalue weighted by atomic mass is 19.4. The van der Waals surface area contributed by atoms with Crippen molar-refractivity contribution in [1.82, 2.24) is 10.3 Å². The Bertz CT molecular complexity index is 1140. The maximum absolute atomic E-state index is 13.2. The Morgan fingerprint density at radius 2 is 1.88 bits per heavy atom. The molecular formula is C23H21F4N3O2. The number of rotatable bonds is 4. The fourth-order valence-corrected chi connectivity index (χ4v) is 3.96. The largest absolute Gasteiger partial charge is 0.506 e. The molecule has 0 unspecified atom stereocenters. The Morgan fingerprint density at radius 3 is 2.59 bits per heavy atom. The van der Waals surface area contributed by atoms with E-state index in [1.54, 1.807) is 12.1 Å². The highest BCUT2D eigenvalue weighted by Gasteiger charge is 2.34. The molecule has 1 amide bonds. The molecule has 1 saturated heterocycles. The van der Waals surface area contributed by atoms with Crippen molar-refractivity contribution in [3.05, 3.63) is 65.5 Å². The van der Waals surface area contributed by atoms with E-state index in [0.29, 0.717) is 43.3 Å². The van der Waals surface area contributed by atoms with Gasteiger partial charge in [-0.15, -0.1) is 0 Å². The number of phenolic OH excluding ortho intramolecular Hbond substituents is 1. The normalized spacial score (nSPS) is 15.2. The van der Waals surface area contributed by atoms with Crippen molar-refractivity contribution < 1.29 is 27.5 Å². The number of halogens is 4. The molecule has 4 rings (SSSR count). The van der Waals surface area contributed by atoms with Crippen LogP contribution in [0.2, 0.25) is 0 Å². The zero-order valence-corrected chi connectivity index (χ0v) is 17.0. The molecule has 0 aliphatic carbocycles. The van der Waals surface area contributed by atoms with Crippen molar-refractivity contribution in [3.63, 3.8) is 0 Å². The molecule has 1 fully saturated rings. The van der Waals surface area contributed by atoms with Crippen molar-refractivity contribution in [2.24, 2.45) is 5.92 Å². The summed E-state index contributed by atoms with van der Waals surface area (Å²) in [5.74, 6) is -0.854. The van der Waals surface area contributed by atoms with Gasteiger partial charge in [-0.2, -0.15) is 13.2 Å². The summed E-state index contributed by atoms with van der Waals surface area (Å²) in [6, 6.07) is 11.3. The number of piperidine rings is 1. The van der Waals surface area contributed by atoms with E-state index in [-0.39, 0.29) is 29.7 Å². The molecule has 3 aromatic rings. The number of anilines is 1. The standard InChI is InChI=1S/C23H21F4N3O2/c24-17-6-4-16(18(12-17)23(25,26)27)13-28-22(32)15-8-10-30(11-9-15)20-7-5-14-2-1-3-19(31)21(14)29-20/h1-7,12,15,31H,8-11,13H2,(H,28,32). The first-order valence-electron chi connectivity index (χ1n) is 10.2. The number of nitrogens with zero attached hydrogens (tertiary/aromatic N) is 2. The number of nitrogens with one attached hydrogen (secondary N) is 1. The van der Waals surface area contributed by atoms with E-state index in [1.807, 2.05) is 23.1 Å². The number of phenols is 1. The van der Waals surface area contributed by atoms with E-state index in [2.05, 4.69) is 10.3 Å². The number of hydrogen-bond donors (Lipinski definition) is 2. The molecule has 0 radical (unpaired) electrons. The number of aromatic nitrogens is 1. The van der Waals surface area contributed by atoms with Gasteiger partial charge in [-0.1, -0.05) is 18.2 Å². The van der Waals surface area contributed by atoms with Crippen LogP contribution in [0.5, 0.6) is 5.75 Å². The minimum Gasteiger partial charge on any atom is -0.506 e. The zero-order chi connectivity index (χ0) is 22.9. The number of fused-ring (bicyclic) bond motifs is 1. The van der Waals surface area contributed by atoms with Gasteiger partial charge in [0.05, 0.1) is 5.56 Å². The second kappa shape index (κ2) is 8.64. The van der Waals surface area contributed by atoms with Gasteiger partial charge in [0.1, 0.15) is 22.9 Å². The van der Waals surface area contributed by atoms with Crippen LogP contribution in [0.3, 0.4) is 0 Å². The number of alkyl halides is 3. The third kappa shape index (κ3) is 4.61. The summed E-state index contributed by atoms with van der Waals surface area (Å²) in [5, 5.41) is 13.4. The van der Waals surface area contributed by atoms with Crippen LogP contribution in [0.4, 0.5) is 23.4 Å². The van der Waals surface area contributed by atoms with Gasteiger partial charge in [0.15, 0.2) is 0 Å². The summed E-state index contributed by atoms with van der Waals surface area (Å²) in [6.45, 7) is 0.781. The fraction of sp³-hybridized carbons (Fsp3) is 0.304. The Morgan fingerprint density at radius 1 is 1.12 bits per heavy atom. The monoisotopic (exact) mass is 447 g/mol. The van der Waals surface area contributed by atoms with Crippen LogP contribution < -0.4 is 10.2 Å². The number of hydrogen-bond acceptors (Lipinski definition) is 4. The molecular weight excluding hydrogens is 426 g/mol. The average Bonchev–Trinajstić information content (AvgIpc) is 2.77. The van der Waals surface area contributed by atoms with E-state index >= 15 is 0 Å². The average molecular weight is 447 g/mol. The minimum atomic E-state index is -4.70. The lowest BCUT2D eigenvalue weighted by Gasteiger charge is -2.32. The predicted molar refractivity (Wildman–Crippen MR) is 112 cm³/mol. The molecule has 0 bridgehead atoms. The molecule has 1 aromatic heterocycles. The summed E-state index contributed by atoms with van der Waals surface area (Å²) in [6.07, 6.45) is -3.67. The molecule has 0 atom stereocenters. The molecule has 1 aliphatic rings. The lowest BCUT2D eigenvalue weighted by atomic mass is 9.95. The lowest BCUT2D eigenvalue weighted by Crippen LogP contribution is -2.40. The van der Waals surface area contributed by atoms with Crippen molar-refractivity contribution in [2.45, 2.75) is 25.6 Å². The molecule has 0 saturated carbocycles. The van der Waals surface area contributed by atoms with E-state index in [0.717, 1.165) is 17.5 Å². The quantitative estimate of drug-likeness (QED) is 0.573. The topological polar surface area (TPSA) is 65.5 Å². The van der Waals surface area contributed by atoms with Crippen LogP contribution in [0, 0.1) is 11.7 Å². The summed E-state index contributed by atoms with van der Waals surface area (Å²) in [7, 11) is 0. The van der Waals surface area contributed by atoms with Gasteiger partial charge in [0.25, 0.3) is 0 Å². The first-order chi connectivity index (χ1) is 15.2. The maximum Gasteiger partial charge on any atom is 0.416 e. The van der Waals surface area contributed by atoms with Gasteiger partial charge in [-0.05, 0) is 48.7 Å². The van der Waals surface area contributed by atoms with Crippen molar-refractivity contribution >= 4 is 22.6 Å². The first-order valence-corrected chi connectivity index (χ1v) is 10.2. The number of carbonyl (C=O) groups excluding carboxylic acids is 1. The Balaban J connectivity index is 1.37. The second-order valence-electron chi connectivity index (χ2n) is 7.80. The summed E-state index contributed by atoms with van der Waals surface area (Å²) in [5.41, 5.74) is -0.757. The van der Waals surface area contributed by atoms with Gasteiger partial charge in [0.2, 0.25) is 5.91 Å². The maximum atomic E-state index is 13.2. The molecule has 168 valence electrons. The van der Waals surface area contributed by atoms with Gasteiger partial charge < -0.3 is 15.3 Å². The van der Waals surface area contributed by atoms with Gasteiger partial charge in [-0.25, -0.2) is 9.37 Å². The molecule has 32 heavy (non-hydrogen) atoms. The Hall–Kier alpha value is -3.36.